The summed E-state index contributed by atoms with van der Waals surface area (Å²) < 4.78 is 25.1. The van der Waals surface area contributed by atoms with Crippen molar-refractivity contribution in [1.82, 2.24) is 4.98 Å². The summed E-state index contributed by atoms with van der Waals surface area (Å²) in [6.07, 6.45) is 0.930. The predicted molar refractivity (Wildman–Crippen MR) is 112 cm³/mol. The lowest BCUT2D eigenvalue weighted by Crippen LogP contribution is -2.08. The van der Waals surface area contributed by atoms with Gasteiger partial charge in [-0.25, -0.2) is 9.37 Å². The predicted octanol–water partition coefficient (Wildman–Crippen LogP) is 5.42. The van der Waals surface area contributed by atoms with E-state index in [4.69, 9.17) is 38.4 Å². The SMILES string of the molecule is COc1cc(-c2cnc(N)c(OC(C)c3c(Cl)ccc(F)c3Cl)c2)ccc1CO. The van der Waals surface area contributed by atoms with Crippen LogP contribution < -0.4 is 15.2 Å². The summed E-state index contributed by atoms with van der Waals surface area (Å²) in [6.45, 7) is 1.56. The van der Waals surface area contributed by atoms with Gasteiger partial charge in [-0.15, -0.1) is 0 Å². The van der Waals surface area contributed by atoms with Crippen molar-refractivity contribution in [2.45, 2.75) is 19.6 Å². The van der Waals surface area contributed by atoms with Crippen LogP contribution in [0.1, 0.15) is 24.2 Å². The highest BCUT2D eigenvalue weighted by Gasteiger charge is 2.20. The first kappa shape index (κ1) is 21.2. The number of aliphatic hydroxyl groups is 1. The quantitative estimate of drug-likeness (QED) is 0.504. The van der Waals surface area contributed by atoms with Crippen molar-refractivity contribution in [3.8, 4) is 22.6 Å². The van der Waals surface area contributed by atoms with Crippen LogP contribution in [0.4, 0.5) is 10.2 Å². The number of pyridine rings is 1. The Morgan fingerprint density at radius 2 is 1.86 bits per heavy atom. The number of nitrogens with two attached hydrogens (primary N) is 1. The maximum Gasteiger partial charge on any atom is 0.166 e. The topological polar surface area (TPSA) is 77.6 Å². The van der Waals surface area contributed by atoms with Gasteiger partial charge >= 0.3 is 0 Å². The molecule has 1 aromatic heterocycles. The number of methoxy groups -OCH3 is 1. The van der Waals surface area contributed by atoms with Gasteiger partial charge in [-0.05, 0) is 36.8 Å². The number of ether oxygens (including phenoxy) is 2. The van der Waals surface area contributed by atoms with E-state index in [-0.39, 0.29) is 22.5 Å². The van der Waals surface area contributed by atoms with Crippen LogP contribution in [0.2, 0.25) is 10.0 Å². The van der Waals surface area contributed by atoms with Crippen molar-refractivity contribution < 1.29 is 19.0 Å². The molecule has 0 saturated heterocycles. The summed E-state index contributed by atoms with van der Waals surface area (Å²) in [7, 11) is 1.53. The van der Waals surface area contributed by atoms with Crippen molar-refractivity contribution in [2.75, 3.05) is 12.8 Å². The van der Waals surface area contributed by atoms with Crippen molar-refractivity contribution in [2.24, 2.45) is 0 Å². The summed E-state index contributed by atoms with van der Waals surface area (Å²) in [5.74, 6) is 0.438. The molecule has 0 amide bonds. The van der Waals surface area contributed by atoms with Crippen LogP contribution in [-0.2, 0) is 6.61 Å². The molecule has 0 aliphatic carbocycles. The zero-order valence-electron chi connectivity index (χ0n) is 15.7. The van der Waals surface area contributed by atoms with Gasteiger partial charge in [0.05, 0.1) is 18.7 Å². The molecule has 0 fully saturated rings. The number of anilines is 1. The van der Waals surface area contributed by atoms with Crippen molar-refractivity contribution in [3.05, 3.63) is 69.6 Å². The number of rotatable bonds is 6. The molecule has 3 N–H and O–H groups in total. The monoisotopic (exact) mass is 436 g/mol. The molecule has 3 rings (SSSR count). The largest absolute Gasteiger partial charge is 0.496 e. The number of nitrogen functional groups attached to an aromatic ring is 1. The van der Waals surface area contributed by atoms with Crippen LogP contribution in [0.3, 0.4) is 0 Å². The maximum atomic E-state index is 13.8. The highest BCUT2D eigenvalue weighted by atomic mass is 35.5. The lowest BCUT2D eigenvalue weighted by Gasteiger charge is -2.19. The van der Waals surface area contributed by atoms with E-state index in [0.717, 1.165) is 11.1 Å². The van der Waals surface area contributed by atoms with E-state index in [1.165, 1.54) is 19.2 Å². The number of aromatic nitrogens is 1. The first-order valence-corrected chi connectivity index (χ1v) is 9.45. The minimum absolute atomic E-state index is 0.1000. The van der Waals surface area contributed by atoms with E-state index >= 15 is 0 Å². The fourth-order valence-electron chi connectivity index (χ4n) is 2.93. The zero-order valence-corrected chi connectivity index (χ0v) is 17.3. The molecule has 29 heavy (non-hydrogen) atoms. The van der Waals surface area contributed by atoms with Crippen molar-refractivity contribution >= 4 is 29.0 Å². The molecule has 152 valence electrons. The van der Waals surface area contributed by atoms with Crippen LogP contribution in [0.5, 0.6) is 11.5 Å². The summed E-state index contributed by atoms with van der Waals surface area (Å²) >= 11 is 12.2. The lowest BCUT2D eigenvalue weighted by molar-refractivity contribution is 0.227. The van der Waals surface area contributed by atoms with E-state index in [1.54, 1.807) is 31.3 Å². The molecule has 0 bridgehead atoms. The van der Waals surface area contributed by atoms with Gasteiger partial charge in [0.15, 0.2) is 11.6 Å². The van der Waals surface area contributed by atoms with E-state index in [0.29, 0.717) is 22.6 Å². The minimum Gasteiger partial charge on any atom is -0.496 e. The van der Waals surface area contributed by atoms with E-state index in [9.17, 15) is 9.50 Å². The molecular formula is C21H19Cl2FN2O3. The summed E-state index contributed by atoms with van der Waals surface area (Å²) in [4.78, 5) is 4.19. The fraction of sp³-hybridized carbons (Fsp3) is 0.190. The van der Waals surface area contributed by atoms with Crippen LogP contribution in [0, 0.1) is 5.82 Å². The number of hydrogen-bond donors (Lipinski definition) is 2. The molecule has 0 spiro atoms. The van der Waals surface area contributed by atoms with Crippen molar-refractivity contribution in [3.63, 3.8) is 0 Å². The molecule has 8 heteroatoms. The van der Waals surface area contributed by atoms with Gasteiger partial charge in [-0.2, -0.15) is 0 Å². The third-order valence-corrected chi connectivity index (χ3v) is 5.18. The van der Waals surface area contributed by atoms with Crippen LogP contribution in [-0.4, -0.2) is 17.2 Å². The Bertz CT molecular complexity index is 1050. The maximum absolute atomic E-state index is 13.8. The van der Waals surface area contributed by atoms with E-state index < -0.39 is 11.9 Å². The smallest absolute Gasteiger partial charge is 0.166 e. The summed E-state index contributed by atoms with van der Waals surface area (Å²) in [5.41, 5.74) is 8.48. The third kappa shape index (κ3) is 4.40. The number of halogens is 3. The Morgan fingerprint density at radius 1 is 1.14 bits per heavy atom. The van der Waals surface area contributed by atoms with Crippen LogP contribution in [0.15, 0.2) is 42.6 Å². The first-order valence-electron chi connectivity index (χ1n) is 8.69. The molecule has 3 aromatic rings. The van der Waals surface area contributed by atoms with E-state index in [1.807, 2.05) is 6.07 Å². The summed E-state index contributed by atoms with van der Waals surface area (Å²) in [6, 6.07) is 9.71. The van der Waals surface area contributed by atoms with Gasteiger partial charge in [0, 0.05) is 27.9 Å². The molecule has 2 aromatic carbocycles. The highest BCUT2D eigenvalue weighted by Crippen LogP contribution is 2.37. The normalized spacial score (nSPS) is 11.9. The Labute approximate surface area is 177 Å². The van der Waals surface area contributed by atoms with E-state index in [2.05, 4.69) is 4.98 Å². The average Bonchev–Trinajstić information content (AvgIpc) is 2.72. The van der Waals surface area contributed by atoms with Gasteiger partial charge in [0.25, 0.3) is 0 Å². The molecule has 1 unspecified atom stereocenters. The molecule has 5 nitrogen and oxygen atoms in total. The summed E-state index contributed by atoms with van der Waals surface area (Å²) in [5, 5.41) is 9.57. The lowest BCUT2D eigenvalue weighted by atomic mass is 10.0. The van der Waals surface area contributed by atoms with Gasteiger partial charge in [0.2, 0.25) is 0 Å². The second kappa shape index (κ2) is 8.86. The van der Waals surface area contributed by atoms with Gasteiger partial charge in [0.1, 0.15) is 17.7 Å². The second-order valence-corrected chi connectivity index (χ2v) is 7.09. The van der Waals surface area contributed by atoms with Crippen LogP contribution >= 0.6 is 23.2 Å². The molecule has 1 heterocycles. The highest BCUT2D eigenvalue weighted by molar-refractivity contribution is 6.36. The molecule has 1 atom stereocenters. The molecule has 0 saturated carbocycles. The molecule has 0 aliphatic rings. The number of nitrogens with zero attached hydrogens (tertiary/aromatic N) is 1. The van der Waals surface area contributed by atoms with Gasteiger partial charge < -0.3 is 20.3 Å². The zero-order chi connectivity index (χ0) is 21.1. The Hall–Kier alpha value is -2.54. The van der Waals surface area contributed by atoms with Gasteiger partial charge in [-0.3, -0.25) is 0 Å². The molecule has 0 aliphatic heterocycles. The Kier molecular flexibility index (Phi) is 6.47. The fourth-order valence-corrected chi connectivity index (χ4v) is 3.60. The minimum atomic E-state index is -0.670. The number of aliphatic hydroxyl groups excluding tert-OH is 1. The van der Waals surface area contributed by atoms with Crippen LogP contribution in [0.25, 0.3) is 11.1 Å². The third-order valence-electron chi connectivity index (χ3n) is 4.46. The van der Waals surface area contributed by atoms with Gasteiger partial charge in [-0.1, -0.05) is 35.3 Å². The first-order chi connectivity index (χ1) is 13.8. The molecular weight excluding hydrogens is 418 g/mol. The number of hydrogen-bond acceptors (Lipinski definition) is 5. The standard InChI is InChI=1S/C21H19Cl2FN2O3/c1-11(19-15(22)5-6-16(24)20(19)23)29-18-8-14(9-26-21(18)25)12-3-4-13(10-27)17(7-12)28-2/h3-9,11,27H,10H2,1-2H3,(H2,25,26). The van der Waals surface area contributed by atoms with Crippen molar-refractivity contribution in [1.29, 1.82) is 0 Å². The number of benzene rings is 2. The Morgan fingerprint density at radius 3 is 2.55 bits per heavy atom. The average molecular weight is 437 g/mol. The second-order valence-electron chi connectivity index (χ2n) is 6.31. The Balaban J connectivity index is 1.95. The molecule has 0 radical (unpaired) electrons.